The number of amides is 1. The highest BCUT2D eigenvalue weighted by molar-refractivity contribution is 6.34. The van der Waals surface area contributed by atoms with Gasteiger partial charge in [-0.05, 0) is 50.1 Å². The molecule has 2 rings (SSSR count). The van der Waals surface area contributed by atoms with E-state index < -0.39 is 10.8 Å². The maximum atomic E-state index is 12.4. The molecular weight excluding hydrogens is 332 g/mol. The largest absolute Gasteiger partial charge is 0.487 e. The van der Waals surface area contributed by atoms with E-state index in [2.05, 4.69) is 5.32 Å². The zero-order chi connectivity index (χ0) is 17.9. The van der Waals surface area contributed by atoms with Crippen LogP contribution in [0.15, 0.2) is 30.3 Å². The fourth-order valence-corrected chi connectivity index (χ4v) is 2.71. The fraction of sp³-hybridized carbons (Fsp3) is 0.235. The van der Waals surface area contributed by atoms with Crippen LogP contribution < -0.4 is 10.1 Å². The van der Waals surface area contributed by atoms with E-state index in [-0.39, 0.29) is 17.0 Å². The Morgan fingerprint density at radius 2 is 2.00 bits per heavy atom. The van der Waals surface area contributed by atoms with E-state index in [4.69, 9.17) is 16.3 Å². The van der Waals surface area contributed by atoms with Crippen molar-refractivity contribution in [2.75, 3.05) is 11.9 Å². The molecule has 0 aliphatic heterocycles. The van der Waals surface area contributed by atoms with Crippen LogP contribution in [0, 0.1) is 24.0 Å². The van der Waals surface area contributed by atoms with Crippen LogP contribution in [0.2, 0.25) is 5.02 Å². The van der Waals surface area contributed by atoms with E-state index in [9.17, 15) is 14.9 Å². The van der Waals surface area contributed by atoms with E-state index in [1.807, 2.05) is 19.9 Å². The Labute approximate surface area is 144 Å². The first-order chi connectivity index (χ1) is 11.3. The molecule has 0 saturated carbocycles. The van der Waals surface area contributed by atoms with Crippen molar-refractivity contribution in [3.8, 4) is 5.75 Å². The molecule has 2 aromatic carbocycles. The van der Waals surface area contributed by atoms with Gasteiger partial charge in [0.25, 0.3) is 5.91 Å². The number of benzene rings is 2. The molecule has 0 unspecified atom stereocenters. The van der Waals surface area contributed by atoms with Crippen molar-refractivity contribution in [3.63, 3.8) is 0 Å². The SMILES string of the molecule is CCOc1ccc(C(=O)Nc2c(C)cc(C)cc2Cl)cc1[N+](=O)[O-]. The molecule has 0 fully saturated rings. The Hall–Kier alpha value is -2.60. The Balaban J connectivity index is 2.34. The van der Waals surface area contributed by atoms with Crippen LogP contribution >= 0.6 is 11.6 Å². The van der Waals surface area contributed by atoms with Gasteiger partial charge >= 0.3 is 5.69 Å². The standard InChI is InChI=1S/C17H17ClN2O4/c1-4-24-15-6-5-12(9-14(15)20(22)23)17(21)19-16-11(3)7-10(2)8-13(16)18/h5-9H,4H2,1-3H3,(H,19,21). The maximum absolute atomic E-state index is 12.4. The average Bonchev–Trinajstić information content (AvgIpc) is 2.51. The van der Waals surface area contributed by atoms with Gasteiger partial charge in [-0.25, -0.2) is 0 Å². The minimum atomic E-state index is -0.578. The second-order valence-electron chi connectivity index (χ2n) is 5.27. The minimum Gasteiger partial charge on any atom is -0.487 e. The Kier molecular flexibility index (Phi) is 5.41. The number of carbonyl (C=O) groups is 1. The summed E-state index contributed by atoms with van der Waals surface area (Å²) in [6.45, 7) is 5.76. The molecule has 7 heteroatoms. The van der Waals surface area contributed by atoms with Crippen LogP contribution in [0.5, 0.6) is 5.75 Å². The third kappa shape index (κ3) is 3.83. The van der Waals surface area contributed by atoms with Crippen LogP contribution in [-0.4, -0.2) is 17.4 Å². The van der Waals surface area contributed by atoms with Crippen LogP contribution in [0.1, 0.15) is 28.4 Å². The average molecular weight is 349 g/mol. The molecule has 2 aromatic rings. The molecule has 0 heterocycles. The van der Waals surface area contributed by atoms with Gasteiger partial charge in [-0.15, -0.1) is 0 Å². The summed E-state index contributed by atoms with van der Waals surface area (Å²) >= 11 is 6.17. The highest BCUT2D eigenvalue weighted by Crippen LogP contribution is 2.30. The molecule has 0 radical (unpaired) electrons. The Morgan fingerprint density at radius 1 is 1.29 bits per heavy atom. The summed E-state index contributed by atoms with van der Waals surface area (Å²) < 4.78 is 5.21. The van der Waals surface area contributed by atoms with Gasteiger partial charge in [0.1, 0.15) is 0 Å². The van der Waals surface area contributed by atoms with Crippen molar-refractivity contribution < 1.29 is 14.5 Å². The number of rotatable bonds is 5. The molecular formula is C17H17ClN2O4. The molecule has 0 aromatic heterocycles. The highest BCUT2D eigenvalue weighted by atomic mass is 35.5. The normalized spacial score (nSPS) is 10.3. The number of hydrogen-bond acceptors (Lipinski definition) is 4. The van der Waals surface area contributed by atoms with Crippen LogP contribution in [0.3, 0.4) is 0 Å². The number of aryl methyl sites for hydroxylation is 2. The molecule has 0 aliphatic carbocycles. The summed E-state index contributed by atoms with van der Waals surface area (Å²) in [7, 11) is 0. The van der Waals surface area contributed by atoms with Gasteiger partial charge in [-0.3, -0.25) is 14.9 Å². The van der Waals surface area contributed by atoms with Crippen LogP contribution in [0.4, 0.5) is 11.4 Å². The van der Waals surface area contributed by atoms with E-state index in [1.165, 1.54) is 18.2 Å². The number of nitrogens with one attached hydrogen (secondary N) is 1. The maximum Gasteiger partial charge on any atom is 0.311 e. The predicted octanol–water partition coefficient (Wildman–Crippen LogP) is 4.52. The lowest BCUT2D eigenvalue weighted by Crippen LogP contribution is -2.14. The summed E-state index contributed by atoms with van der Waals surface area (Å²) in [6, 6.07) is 7.72. The Morgan fingerprint density at radius 3 is 2.58 bits per heavy atom. The third-order valence-corrected chi connectivity index (χ3v) is 3.69. The Bertz CT molecular complexity index is 782. The van der Waals surface area contributed by atoms with E-state index >= 15 is 0 Å². The molecule has 126 valence electrons. The lowest BCUT2D eigenvalue weighted by molar-refractivity contribution is -0.385. The number of anilines is 1. The van der Waals surface area contributed by atoms with Crippen LogP contribution in [0.25, 0.3) is 0 Å². The van der Waals surface area contributed by atoms with E-state index in [1.54, 1.807) is 13.0 Å². The third-order valence-electron chi connectivity index (χ3n) is 3.39. The topological polar surface area (TPSA) is 81.5 Å². The monoisotopic (exact) mass is 348 g/mol. The van der Waals surface area contributed by atoms with Crippen molar-refractivity contribution in [1.29, 1.82) is 0 Å². The second kappa shape index (κ2) is 7.31. The van der Waals surface area contributed by atoms with Crippen molar-refractivity contribution in [1.82, 2.24) is 0 Å². The first kappa shape index (κ1) is 17.7. The predicted molar refractivity (Wildman–Crippen MR) is 93.1 cm³/mol. The number of halogens is 1. The lowest BCUT2D eigenvalue weighted by Gasteiger charge is -2.12. The fourth-order valence-electron chi connectivity index (χ4n) is 2.34. The van der Waals surface area contributed by atoms with Gasteiger partial charge in [0.05, 0.1) is 22.2 Å². The molecule has 6 nitrogen and oxygen atoms in total. The van der Waals surface area contributed by atoms with Crippen LogP contribution in [-0.2, 0) is 0 Å². The number of carbonyl (C=O) groups excluding carboxylic acids is 1. The van der Waals surface area contributed by atoms with Gasteiger partial charge in [0.15, 0.2) is 5.75 Å². The van der Waals surface area contributed by atoms with E-state index in [0.717, 1.165) is 11.1 Å². The lowest BCUT2D eigenvalue weighted by atomic mass is 10.1. The highest BCUT2D eigenvalue weighted by Gasteiger charge is 2.19. The molecule has 0 spiro atoms. The summed E-state index contributed by atoms with van der Waals surface area (Å²) in [4.78, 5) is 23.0. The molecule has 0 bridgehead atoms. The number of ether oxygens (including phenoxy) is 1. The first-order valence-electron chi connectivity index (χ1n) is 7.32. The van der Waals surface area contributed by atoms with E-state index in [0.29, 0.717) is 17.3 Å². The van der Waals surface area contributed by atoms with Gasteiger partial charge in [-0.2, -0.15) is 0 Å². The summed E-state index contributed by atoms with van der Waals surface area (Å²) in [5.74, 6) is -0.349. The minimum absolute atomic E-state index is 0.128. The van der Waals surface area contributed by atoms with Gasteiger partial charge in [0, 0.05) is 11.6 Å². The summed E-state index contributed by atoms with van der Waals surface area (Å²) in [5.41, 5.74) is 2.18. The van der Waals surface area contributed by atoms with Crippen molar-refractivity contribution in [2.45, 2.75) is 20.8 Å². The number of hydrogen-bond donors (Lipinski definition) is 1. The molecule has 0 aliphatic rings. The number of nitro groups is 1. The van der Waals surface area contributed by atoms with Crippen molar-refractivity contribution >= 4 is 28.9 Å². The van der Waals surface area contributed by atoms with Crippen molar-refractivity contribution in [3.05, 3.63) is 62.2 Å². The van der Waals surface area contributed by atoms with Gasteiger partial charge < -0.3 is 10.1 Å². The first-order valence-corrected chi connectivity index (χ1v) is 7.70. The quantitative estimate of drug-likeness (QED) is 0.636. The molecule has 24 heavy (non-hydrogen) atoms. The van der Waals surface area contributed by atoms with Gasteiger partial charge in [-0.1, -0.05) is 17.7 Å². The molecule has 1 N–H and O–H groups in total. The summed E-state index contributed by atoms with van der Waals surface area (Å²) in [6.07, 6.45) is 0. The number of nitrogens with zero attached hydrogens (tertiary/aromatic N) is 1. The smallest absolute Gasteiger partial charge is 0.311 e. The molecule has 1 amide bonds. The van der Waals surface area contributed by atoms with Gasteiger partial charge in [0.2, 0.25) is 0 Å². The second-order valence-corrected chi connectivity index (χ2v) is 5.67. The zero-order valence-electron chi connectivity index (χ0n) is 13.6. The number of nitro benzene ring substituents is 1. The summed E-state index contributed by atoms with van der Waals surface area (Å²) in [5, 5.41) is 14.3. The molecule has 0 saturated heterocycles. The van der Waals surface area contributed by atoms with Crippen molar-refractivity contribution in [2.24, 2.45) is 0 Å². The molecule has 0 atom stereocenters. The zero-order valence-corrected chi connectivity index (χ0v) is 14.3.